The molecular weight excluding hydrogens is 921 g/mol. The van der Waals surface area contributed by atoms with E-state index in [1.807, 2.05) is 12.1 Å². The topological polar surface area (TPSA) is 46.5 Å². The van der Waals surface area contributed by atoms with Gasteiger partial charge in [-0.05, 0) is 105 Å². The van der Waals surface area contributed by atoms with Gasteiger partial charge in [-0.1, -0.05) is 224 Å². The molecule has 0 unspecified atom stereocenters. The second-order valence-electron chi connectivity index (χ2n) is 19.3. The first kappa shape index (κ1) is 44.4. The predicted octanol–water partition coefficient (Wildman–Crippen LogP) is 18.8. The summed E-state index contributed by atoms with van der Waals surface area (Å²) in [6.45, 7) is 0. The van der Waals surface area contributed by atoms with Crippen LogP contribution in [0.5, 0.6) is 0 Å². The number of fused-ring (bicyclic) bond motifs is 6. The van der Waals surface area contributed by atoms with Gasteiger partial charge in [-0.15, -0.1) is 0 Å². The fraction of sp³-hybridized carbons (Fsp3) is 0. The first-order valence-electron chi connectivity index (χ1n) is 25.8. The molecule has 0 N–H and O–H groups in total. The molecule has 0 saturated heterocycles. The largest absolute Gasteiger partial charge is 0.308 e. The Labute approximate surface area is 440 Å². The van der Waals surface area contributed by atoms with Gasteiger partial charge in [-0.2, -0.15) is 5.26 Å². The third-order valence-corrected chi connectivity index (χ3v) is 15.0. The first-order chi connectivity index (χ1) is 37.7. The Morgan fingerprint density at radius 2 is 0.658 bits per heavy atom. The monoisotopic (exact) mass is 966 g/mol. The Bertz CT molecular complexity index is 4510. The van der Waals surface area contributed by atoms with Gasteiger partial charge in [-0.25, -0.2) is 4.98 Å². The van der Waals surface area contributed by atoms with Gasteiger partial charge in [0.05, 0.1) is 44.8 Å². The molecule has 0 spiro atoms. The van der Waals surface area contributed by atoms with Gasteiger partial charge in [0.25, 0.3) is 0 Å². The van der Waals surface area contributed by atoms with Crippen LogP contribution < -0.4 is 0 Å². The standard InChI is InChI=1S/C72H46N4/c73-47-64-71(75-67-35-19-17-33-60(67)62-43-52(37-40-69(62)75)57-31-15-13-29-55(57)48-21-5-1-6-22-48)42-39-59(54-45-65(50-25-9-3-10-26-50)74-66(46-54)51-27-11-4-12-28-51)72(64)76-68-36-20-18-34-61(68)63-44-53(38-41-70(63)76)58-32-16-14-30-56(58)49-23-7-2-8-24-49/h1-46H. The van der Waals surface area contributed by atoms with E-state index < -0.39 is 0 Å². The zero-order chi connectivity index (χ0) is 50.5. The second kappa shape index (κ2) is 18.6. The van der Waals surface area contributed by atoms with E-state index in [1.165, 1.54) is 22.3 Å². The van der Waals surface area contributed by atoms with Crippen molar-refractivity contribution in [2.24, 2.45) is 0 Å². The van der Waals surface area contributed by atoms with Crippen molar-refractivity contribution in [1.29, 1.82) is 5.26 Å². The Kier molecular flexibility index (Phi) is 10.9. The lowest BCUT2D eigenvalue weighted by molar-refractivity contribution is 1.12. The molecule has 0 radical (unpaired) electrons. The van der Waals surface area contributed by atoms with Crippen LogP contribution in [0.15, 0.2) is 279 Å². The minimum absolute atomic E-state index is 0.555. The SMILES string of the molecule is N#Cc1c(-n2c3ccccc3c3cc(-c4ccccc4-c4ccccc4)ccc32)ccc(-c2cc(-c3ccccc3)nc(-c3ccccc3)c2)c1-n1c2ccccc2c2cc(-c3ccccc3-c3ccccc3)ccc21. The van der Waals surface area contributed by atoms with Crippen molar-refractivity contribution in [2.75, 3.05) is 0 Å². The van der Waals surface area contributed by atoms with Crippen molar-refractivity contribution in [3.8, 4) is 95.6 Å². The quantitative estimate of drug-likeness (QED) is 0.145. The maximum absolute atomic E-state index is 12.1. The van der Waals surface area contributed by atoms with Crippen LogP contribution in [-0.4, -0.2) is 14.1 Å². The van der Waals surface area contributed by atoms with E-state index in [4.69, 9.17) is 4.98 Å². The summed E-state index contributed by atoms with van der Waals surface area (Å²) in [5.41, 5.74) is 21.0. The van der Waals surface area contributed by atoms with Crippen molar-refractivity contribution < 1.29 is 0 Å². The molecule has 14 rings (SSSR count). The van der Waals surface area contributed by atoms with Gasteiger partial charge in [-0.3, -0.25) is 0 Å². The molecule has 3 aromatic heterocycles. The molecule has 0 amide bonds. The smallest absolute Gasteiger partial charge is 0.104 e. The number of hydrogen-bond acceptors (Lipinski definition) is 2. The highest BCUT2D eigenvalue weighted by Gasteiger charge is 2.26. The van der Waals surface area contributed by atoms with E-state index in [0.717, 1.165) is 111 Å². The first-order valence-corrected chi connectivity index (χ1v) is 25.8. The Morgan fingerprint density at radius 3 is 1.13 bits per heavy atom. The van der Waals surface area contributed by atoms with Gasteiger partial charge in [0.1, 0.15) is 11.6 Å². The molecule has 11 aromatic carbocycles. The number of pyridine rings is 1. The maximum atomic E-state index is 12.1. The number of rotatable bonds is 9. The molecule has 0 aliphatic carbocycles. The fourth-order valence-corrected chi connectivity index (χ4v) is 11.5. The van der Waals surface area contributed by atoms with Crippen LogP contribution in [0.4, 0.5) is 0 Å². The van der Waals surface area contributed by atoms with Crippen LogP contribution in [-0.2, 0) is 0 Å². The summed E-state index contributed by atoms with van der Waals surface area (Å²) in [6.07, 6.45) is 0. The Balaban J connectivity index is 1.05. The summed E-state index contributed by atoms with van der Waals surface area (Å²) >= 11 is 0. The lowest BCUT2D eigenvalue weighted by Gasteiger charge is -2.21. The number of nitriles is 1. The summed E-state index contributed by atoms with van der Waals surface area (Å²) < 4.78 is 4.64. The molecule has 0 fully saturated rings. The number of para-hydroxylation sites is 2. The van der Waals surface area contributed by atoms with Gasteiger partial charge < -0.3 is 9.13 Å². The van der Waals surface area contributed by atoms with Crippen LogP contribution in [0.1, 0.15) is 5.56 Å². The highest BCUT2D eigenvalue weighted by atomic mass is 15.0. The zero-order valence-electron chi connectivity index (χ0n) is 41.3. The van der Waals surface area contributed by atoms with E-state index in [2.05, 4.69) is 282 Å². The third kappa shape index (κ3) is 7.49. The van der Waals surface area contributed by atoms with Crippen LogP contribution in [0.3, 0.4) is 0 Å². The third-order valence-electron chi connectivity index (χ3n) is 15.0. The lowest BCUT2D eigenvalue weighted by Crippen LogP contribution is -2.06. The van der Waals surface area contributed by atoms with Crippen molar-refractivity contribution in [2.45, 2.75) is 0 Å². The average Bonchev–Trinajstić information content (AvgIpc) is 4.16. The van der Waals surface area contributed by atoms with E-state index in [-0.39, 0.29) is 0 Å². The number of nitrogens with zero attached hydrogens (tertiary/aromatic N) is 4. The molecule has 3 heterocycles. The molecule has 0 saturated carbocycles. The fourth-order valence-electron chi connectivity index (χ4n) is 11.5. The molecule has 0 atom stereocenters. The minimum atomic E-state index is 0.555. The number of benzene rings is 11. The van der Waals surface area contributed by atoms with Gasteiger partial charge in [0, 0.05) is 38.2 Å². The summed E-state index contributed by atoms with van der Waals surface area (Å²) in [5, 5.41) is 16.5. The maximum Gasteiger partial charge on any atom is 0.104 e. The van der Waals surface area contributed by atoms with E-state index in [1.54, 1.807) is 0 Å². The molecule has 4 nitrogen and oxygen atoms in total. The highest BCUT2D eigenvalue weighted by molar-refractivity contribution is 6.13. The molecule has 4 heteroatoms. The summed E-state index contributed by atoms with van der Waals surface area (Å²) in [6, 6.07) is 102. The molecule has 14 aromatic rings. The molecule has 76 heavy (non-hydrogen) atoms. The van der Waals surface area contributed by atoms with Crippen molar-refractivity contribution in [3.63, 3.8) is 0 Å². The average molecular weight is 967 g/mol. The van der Waals surface area contributed by atoms with Crippen molar-refractivity contribution >= 4 is 43.6 Å². The van der Waals surface area contributed by atoms with E-state index >= 15 is 0 Å². The van der Waals surface area contributed by atoms with E-state index in [0.29, 0.717) is 5.56 Å². The van der Waals surface area contributed by atoms with Gasteiger partial charge in [0.2, 0.25) is 0 Å². The summed E-state index contributed by atoms with van der Waals surface area (Å²) in [5.74, 6) is 0. The molecule has 0 aliphatic rings. The van der Waals surface area contributed by atoms with Gasteiger partial charge >= 0.3 is 0 Å². The summed E-state index contributed by atoms with van der Waals surface area (Å²) in [4.78, 5) is 5.30. The van der Waals surface area contributed by atoms with Crippen LogP contribution in [0, 0.1) is 11.3 Å². The van der Waals surface area contributed by atoms with Crippen molar-refractivity contribution in [1.82, 2.24) is 14.1 Å². The minimum Gasteiger partial charge on any atom is -0.308 e. The Morgan fingerprint density at radius 1 is 0.276 bits per heavy atom. The molecular formula is C72H46N4. The van der Waals surface area contributed by atoms with Crippen LogP contribution in [0.25, 0.3) is 133 Å². The summed E-state index contributed by atoms with van der Waals surface area (Å²) in [7, 11) is 0. The highest BCUT2D eigenvalue weighted by Crippen LogP contribution is 2.45. The molecule has 0 aliphatic heterocycles. The van der Waals surface area contributed by atoms with E-state index in [9.17, 15) is 5.26 Å². The Hall–Kier alpha value is -10.3. The van der Waals surface area contributed by atoms with Crippen molar-refractivity contribution in [3.05, 3.63) is 285 Å². The van der Waals surface area contributed by atoms with Crippen LogP contribution >= 0.6 is 0 Å². The normalized spacial score (nSPS) is 11.4. The molecule has 354 valence electrons. The van der Waals surface area contributed by atoms with Crippen LogP contribution in [0.2, 0.25) is 0 Å². The zero-order valence-corrected chi connectivity index (χ0v) is 41.3. The number of aromatic nitrogens is 3. The number of hydrogen-bond donors (Lipinski definition) is 0. The lowest BCUT2D eigenvalue weighted by atomic mass is 9.93. The van der Waals surface area contributed by atoms with Gasteiger partial charge in [0.15, 0.2) is 0 Å². The molecule has 0 bridgehead atoms. The second-order valence-corrected chi connectivity index (χ2v) is 19.3. The predicted molar refractivity (Wildman–Crippen MR) is 316 cm³/mol.